The topological polar surface area (TPSA) is 77.2 Å². The zero-order valence-corrected chi connectivity index (χ0v) is 15.4. The van der Waals surface area contributed by atoms with E-state index in [0.717, 1.165) is 16.7 Å². The van der Waals surface area contributed by atoms with Crippen molar-refractivity contribution < 1.29 is 14.3 Å². The molecule has 1 aromatic heterocycles. The summed E-state index contributed by atoms with van der Waals surface area (Å²) in [7, 11) is 0. The summed E-state index contributed by atoms with van der Waals surface area (Å²) in [6, 6.07) is 18.1. The van der Waals surface area contributed by atoms with Gasteiger partial charge in [-0.15, -0.1) is 0 Å². The normalized spacial score (nSPS) is 20.6. The van der Waals surface area contributed by atoms with Crippen molar-refractivity contribution >= 4 is 5.91 Å². The number of halogens is 1. The molecule has 1 aliphatic rings. The molecule has 144 valence electrons. The van der Waals surface area contributed by atoms with Gasteiger partial charge in [-0.3, -0.25) is 9.78 Å². The van der Waals surface area contributed by atoms with Crippen LogP contribution in [0.5, 0.6) is 0 Å². The first-order valence-electron chi connectivity index (χ1n) is 9.23. The zero-order valence-electron chi connectivity index (χ0n) is 15.4. The number of amides is 1. The fourth-order valence-corrected chi connectivity index (χ4v) is 3.89. The van der Waals surface area contributed by atoms with Gasteiger partial charge in [0, 0.05) is 18.3 Å². The fourth-order valence-electron chi connectivity index (χ4n) is 3.89. The Morgan fingerprint density at radius 3 is 2.55 bits per heavy atom. The van der Waals surface area contributed by atoms with Crippen LogP contribution in [0.2, 0.25) is 0 Å². The number of aliphatic hydroxyl groups is 1. The summed E-state index contributed by atoms with van der Waals surface area (Å²) in [4.78, 5) is 18.2. The summed E-state index contributed by atoms with van der Waals surface area (Å²) >= 11 is 0. The molecule has 3 aromatic rings. The van der Waals surface area contributed by atoms with Gasteiger partial charge in [-0.25, -0.2) is 4.39 Å². The lowest BCUT2D eigenvalue weighted by molar-refractivity contribution is -0.00588. The second kappa shape index (κ2) is 7.82. The molecular weight excluding hydrogens is 369 g/mol. The number of hydrogen-bond acceptors (Lipinski definition) is 4. The number of benzene rings is 2. The first-order chi connectivity index (χ1) is 14.1. The molecule has 3 atom stereocenters. The molecule has 0 unspecified atom stereocenters. The van der Waals surface area contributed by atoms with Crippen LogP contribution in [0.1, 0.15) is 21.8 Å². The monoisotopic (exact) mass is 387 g/mol. The van der Waals surface area contributed by atoms with Crippen LogP contribution >= 0.6 is 0 Å². The zero-order chi connectivity index (χ0) is 20.4. The van der Waals surface area contributed by atoms with Crippen LogP contribution in [0.25, 0.3) is 11.1 Å². The van der Waals surface area contributed by atoms with Gasteiger partial charge in [0.2, 0.25) is 0 Å². The van der Waals surface area contributed by atoms with Gasteiger partial charge < -0.3 is 10.0 Å². The minimum atomic E-state index is -0.681. The smallest absolute Gasteiger partial charge is 0.256 e. The number of aliphatic hydroxyl groups excluding tert-OH is 1. The molecular formula is C23H18FN3O2. The molecule has 1 fully saturated rings. The summed E-state index contributed by atoms with van der Waals surface area (Å²) in [5, 5.41) is 19.6. The molecule has 2 aromatic carbocycles. The first kappa shape index (κ1) is 18.8. The van der Waals surface area contributed by atoms with E-state index in [0.29, 0.717) is 5.56 Å². The minimum absolute atomic E-state index is 0.250. The van der Waals surface area contributed by atoms with Crippen molar-refractivity contribution in [1.82, 2.24) is 9.88 Å². The lowest BCUT2D eigenvalue weighted by Gasteiger charge is -2.51. The average Bonchev–Trinajstić information content (AvgIpc) is 2.74. The minimum Gasteiger partial charge on any atom is -0.394 e. The van der Waals surface area contributed by atoms with E-state index < -0.39 is 12.1 Å². The number of hydrogen-bond donors (Lipinski definition) is 1. The van der Waals surface area contributed by atoms with Crippen LogP contribution in [0.4, 0.5) is 4.39 Å². The predicted molar refractivity (Wildman–Crippen MR) is 105 cm³/mol. The molecule has 5 nitrogen and oxygen atoms in total. The highest BCUT2D eigenvalue weighted by molar-refractivity contribution is 5.95. The third kappa shape index (κ3) is 3.37. The predicted octanol–water partition coefficient (Wildman–Crippen LogP) is 3.38. The molecule has 0 radical (unpaired) electrons. The number of pyridine rings is 1. The third-order valence-electron chi connectivity index (χ3n) is 5.33. The quantitative estimate of drug-likeness (QED) is 0.745. The van der Waals surface area contributed by atoms with Gasteiger partial charge in [-0.2, -0.15) is 5.26 Å². The highest BCUT2D eigenvalue weighted by Gasteiger charge is 2.51. The molecule has 1 saturated heterocycles. The Morgan fingerprint density at radius 2 is 1.93 bits per heavy atom. The molecule has 2 heterocycles. The van der Waals surface area contributed by atoms with Crippen LogP contribution in [-0.2, 0) is 0 Å². The largest absolute Gasteiger partial charge is 0.394 e. The maximum Gasteiger partial charge on any atom is 0.256 e. The standard InChI is InChI=1S/C23H18FN3O2/c24-19-5-1-3-17(11-19)15-6-8-16(9-7-15)22-20(12-25)27(21(22)14-28)23(29)18-4-2-10-26-13-18/h1-11,13,20-22,28H,14H2/t20-,21-,22-/m1/s1. The van der Waals surface area contributed by atoms with E-state index in [1.165, 1.54) is 23.2 Å². The molecule has 0 spiro atoms. The molecule has 4 rings (SSSR count). The number of carbonyl (C=O) groups is 1. The second-order valence-electron chi connectivity index (χ2n) is 6.94. The Morgan fingerprint density at radius 1 is 1.14 bits per heavy atom. The van der Waals surface area contributed by atoms with Gasteiger partial charge in [0.25, 0.3) is 5.91 Å². The average molecular weight is 387 g/mol. The summed E-state index contributed by atoms with van der Waals surface area (Å²) < 4.78 is 13.5. The third-order valence-corrected chi connectivity index (χ3v) is 5.33. The van der Waals surface area contributed by atoms with Gasteiger partial charge in [0.05, 0.1) is 24.3 Å². The van der Waals surface area contributed by atoms with Crippen LogP contribution in [0.3, 0.4) is 0 Å². The van der Waals surface area contributed by atoms with Crippen molar-refractivity contribution in [3.63, 3.8) is 0 Å². The molecule has 6 heteroatoms. The lowest BCUT2D eigenvalue weighted by Crippen LogP contribution is -2.65. The van der Waals surface area contributed by atoms with Crippen molar-refractivity contribution in [3.8, 4) is 17.2 Å². The highest BCUT2D eigenvalue weighted by atomic mass is 19.1. The summed E-state index contributed by atoms with van der Waals surface area (Å²) in [5.74, 6) is -0.927. The van der Waals surface area contributed by atoms with Crippen LogP contribution in [0, 0.1) is 17.1 Å². The first-order valence-corrected chi connectivity index (χ1v) is 9.23. The number of rotatable bonds is 4. The fraction of sp³-hybridized carbons (Fsp3) is 0.174. The van der Waals surface area contributed by atoms with Gasteiger partial charge in [0.15, 0.2) is 0 Å². The summed E-state index contributed by atoms with van der Waals surface area (Å²) in [6.07, 6.45) is 3.02. The van der Waals surface area contributed by atoms with Gasteiger partial charge in [-0.05, 0) is 41.0 Å². The van der Waals surface area contributed by atoms with E-state index in [1.54, 1.807) is 24.4 Å². The van der Waals surface area contributed by atoms with Crippen molar-refractivity contribution in [1.29, 1.82) is 5.26 Å². The van der Waals surface area contributed by atoms with Gasteiger partial charge >= 0.3 is 0 Å². The Labute approximate surface area is 167 Å². The number of aromatic nitrogens is 1. The highest BCUT2D eigenvalue weighted by Crippen LogP contribution is 2.41. The van der Waals surface area contributed by atoms with Crippen LogP contribution < -0.4 is 0 Å². The maximum atomic E-state index is 13.5. The van der Waals surface area contributed by atoms with Gasteiger partial charge in [0.1, 0.15) is 11.9 Å². The SMILES string of the molecule is N#C[C@@H]1[C@@H](c2ccc(-c3cccc(F)c3)cc2)[C@@H](CO)N1C(=O)c1cccnc1. The van der Waals surface area contributed by atoms with E-state index in [-0.39, 0.29) is 24.2 Å². The van der Waals surface area contributed by atoms with Crippen LogP contribution in [-0.4, -0.2) is 39.6 Å². The Balaban J connectivity index is 1.60. The number of nitriles is 1. The number of nitrogens with zero attached hydrogens (tertiary/aromatic N) is 3. The van der Waals surface area contributed by atoms with Crippen molar-refractivity contribution in [3.05, 3.63) is 90.0 Å². The number of likely N-dealkylation sites (tertiary alicyclic amines) is 1. The molecule has 1 amide bonds. The lowest BCUT2D eigenvalue weighted by atomic mass is 9.75. The van der Waals surface area contributed by atoms with E-state index in [1.807, 2.05) is 30.3 Å². The molecule has 0 saturated carbocycles. The molecule has 29 heavy (non-hydrogen) atoms. The van der Waals surface area contributed by atoms with Crippen molar-refractivity contribution in [2.24, 2.45) is 0 Å². The molecule has 1 N–H and O–H groups in total. The molecule has 0 bridgehead atoms. The van der Waals surface area contributed by atoms with Crippen molar-refractivity contribution in [2.45, 2.75) is 18.0 Å². The Hall–Kier alpha value is -3.56. The number of carbonyl (C=O) groups excluding carboxylic acids is 1. The molecule has 1 aliphatic heterocycles. The van der Waals surface area contributed by atoms with Gasteiger partial charge in [-0.1, -0.05) is 36.4 Å². The van der Waals surface area contributed by atoms with Crippen molar-refractivity contribution in [2.75, 3.05) is 6.61 Å². The van der Waals surface area contributed by atoms with E-state index >= 15 is 0 Å². The second-order valence-corrected chi connectivity index (χ2v) is 6.94. The molecule has 0 aliphatic carbocycles. The maximum absolute atomic E-state index is 13.5. The summed E-state index contributed by atoms with van der Waals surface area (Å²) in [6.45, 7) is -0.250. The van der Waals surface area contributed by atoms with Crippen LogP contribution in [0.15, 0.2) is 73.1 Å². The Kier molecular flexibility index (Phi) is 5.07. The summed E-state index contributed by atoms with van der Waals surface area (Å²) in [5.41, 5.74) is 2.84. The van der Waals surface area contributed by atoms with E-state index in [4.69, 9.17) is 0 Å². The Bertz CT molecular complexity index is 1060. The van der Waals surface area contributed by atoms with E-state index in [9.17, 15) is 19.6 Å². The van der Waals surface area contributed by atoms with E-state index in [2.05, 4.69) is 11.1 Å².